The summed E-state index contributed by atoms with van der Waals surface area (Å²) < 4.78 is 0. The van der Waals surface area contributed by atoms with E-state index in [-0.39, 0.29) is 5.91 Å². The second kappa shape index (κ2) is 8.71. The second-order valence-corrected chi connectivity index (χ2v) is 6.82. The van der Waals surface area contributed by atoms with Crippen molar-refractivity contribution >= 4 is 5.91 Å². The molecule has 2 aliphatic carbocycles. The Bertz CT molecular complexity index is 313. The Morgan fingerprint density at radius 3 is 2.24 bits per heavy atom. The van der Waals surface area contributed by atoms with Gasteiger partial charge in [0.05, 0.1) is 0 Å². The van der Waals surface area contributed by atoms with Gasteiger partial charge in [-0.3, -0.25) is 10.2 Å². The lowest BCUT2D eigenvalue weighted by Crippen LogP contribution is -2.53. The molecular formula is C16H31N3O2. The van der Waals surface area contributed by atoms with Crippen LogP contribution in [0.1, 0.15) is 70.6 Å². The smallest absolute Gasteiger partial charge is 0.264 e. The minimum Gasteiger partial charge on any atom is -0.382 e. The van der Waals surface area contributed by atoms with Crippen molar-refractivity contribution in [2.75, 3.05) is 0 Å². The highest BCUT2D eigenvalue weighted by Crippen LogP contribution is 2.27. The Labute approximate surface area is 128 Å². The predicted octanol–water partition coefficient (Wildman–Crippen LogP) is 1.60. The minimum absolute atomic E-state index is 0.337. The summed E-state index contributed by atoms with van der Waals surface area (Å²) in [5.74, 6) is 0.186. The van der Waals surface area contributed by atoms with Crippen molar-refractivity contribution in [3.05, 3.63) is 0 Å². The van der Waals surface area contributed by atoms with Crippen molar-refractivity contribution in [2.24, 2.45) is 11.7 Å². The second-order valence-electron chi connectivity index (χ2n) is 6.82. The van der Waals surface area contributed by atoms with E-state index >= 15 is 0 Å². The van der Waals surface area contributed by atoms with Crippen LogP contribution < -0.4 is 16.6 Å². The Morgan fingerprint density at radius 2 is 1.62 bits per heavy atom. The van der Waals surface area contributed by atoms with Crippen LogP contribution in [0.25, 0.3) is 0 Å². The lowest BCUT2D eigenvalue weighted by atomic mass is 9.84. The van der Waals surface area contributed by atoms with Crippen molar-refractivity contribution in [3.63, 3.8) is 0 Å². The molecule has 5 heteroatoms. The molecule has 0 saturated heterocycles. The van der Waals surface area contributed by atoms with Gasteiger partial charge in [0.1, 0.15) is 6.10 Å². The molecule has 1 amide bonds. The fraction of sp³-hybridized carbons (Fsp3) is 0.938. The lowest BCUT2D eigenvalue weighted by Gasteiger charge is -2.28. The summed E-state index contributed by atoms with van der Waals surface area (Å²) in [5, 5.41) is 10.1. The molecule has 0 aromatic carbocycles. The van der Waals surface area contributed by atoms with Gasteiger partial charge in [0.15, 0.2) is 0 Å². The predicted molar refractivity (Wildman–Crippen MR) is 83.3 cm³/mol. The number of amides is 1. The quantitative estimate of drug-likeness (QED) is 0.561. The molecule has 0 bridgehead atoms. The van der Waals surface area contributed by atoms with E-state index in [9.17, 15) is 9.90 Å². The molecular weight excluding hydrogens is 266 g/mol. The van der Waals surface area contributed by atoms with E-state index in [4.69, 9.17) is 5.73 Å². The van der Waals surface area contributed by atoms with Crippen LogP contribution in [-0.4, -0.2) is 29.2 Å². The maximum atomic E-state index is 12.0. The normalized spacial score (nSPS) is 24.5. The topological polar surface area (TPSA) is 87.4 Å². The lowest BCUT2D eigenvalue weighted by molar-refractivity contribution is -0.132. The summed E-state index contributed by atoms with van der Waals surface area (Å²) >= 11 is 0. The van der Waals surface area contributed by atoms with Gasteiger partial charge in [0.2, 0.25) is 0 Å². The van der Waals surface area contributed by atoms with Crippen molar-refractivity contribution in [3.8, 4) is 0 Å². The first-order valence-electron chi connectivity index (χ1n) is 8.66. The van der Waals surface area contributed by atoms with Gasteiger partial charge in [0, 0.05) is 12.1 Å². The van der Waals surface area contributed by atoms with E-state index in [1.54, 1.807) is 0 Å². The summed E-state index contributed by atoms with van der Waals surface area (Å²) in [6, 6.07) is -0.120. The summed E-state index contributed by atoms with van der Waals surface area (Å²) in [7, 11) is 0. The van der Waals surface area contributed by atoms with Crippen LogP contribution in [0.4, 0.5) is 0 Å². The number of hydrazine groups is 1. The number of hydrogen-bond acceptors (Lipinski definition) is 4. The molecule has 2 rings (SSSR count). The van der Waals surface area contributed by atoms with Crippen LogP contribution in [0.3, 0.4) is 0 Å². The highest BCUT2D eigenvalue weighted by molar-refractivity contribution is 5.80. The molecule has 2 atom stereocenters. The molecule has 0 aromatic heterocycles. The number of carbonyl (C=O) groups excluding carboxylic acids is 1. The largest absolute Gasteiger partial charge is 0.382 e. The fourth-order valence-corrected chi connectivity index (χ4v) is 3.63. The Hall–Kier alpha value is -0.650. The monoisotopic (exact) mass is 297 g/mol. The number of carbonyl (C=O) groups is 1. The van der Waals surface area contributed by atoms with Crippen molar-refractivity contribution in [2.45, 2.75) is 88.8 Å². The molecule has 5 nitrogen and oxygen atoms in total. The molecule has 122 valence electrons. The van der Waals surface area contributed by atoms with Crippen molar-refractivity contribution < 1.29 is 9.90 Å². The van der Waals surface area contributed by atoms with Gasteiger partial charge in [-0.2, -0.15) is 0 Å². The zero-order valence-corrected chi connectivity index (χ0v) is 13.0. The number of nitrogens with one attached hydrogen (secondary N) is 2. The summed E-state index contributed by atoms with van der Waals surface area (Å²) in [6.07, 6.45) is 11.7. The van der Waals surface area contributed by atoms with Gasteiger partial charge in [-0.25, -0.2) is 5.43 Å². The van der Waals surface area contributed by atoms with E-state index in [0.29, 0.717) is 12.0 Å². The van der Waals surface area contributed by atoms with Crippen LogP contribution in [-0.2, 0) is 4.79 Å². The SMILES string of the molecule is N[C@H](CC1CCCCC1)C(O)C(=O)NNC1CCCCC1. The average Bonchev–Trinajstić information content (AvgIpc) is 2.53. The number of hydrogen-bond donors (Lipinski definition) is 4. The van der Waals surface area contributed by atoms with Crippen molar-refractivity contribution in [1.82, 2.24) is 10.9 Å². The first-order chi connectivity index (χ1) is 10.2. The molecule has 21 heavy (non-hydrogen) atoms. The number of aliphatic hydroxyl groups excluding tert-OH is 1. The number of aliphatic hydroxyl groups is 1. The van der Waals surface area contributed by atoms with Gasteiger partial charge in [-0.05, 0) is 25.2 Å². The molecule has 2 fully saturated rings. The van der Waals surface area contributed by atoms with Gasteiger partial charge in [0.25, 0.3) is 5.91 Å². The van der Waals surface area contributed by atoms with Crippen LogP contribution in [0, 0.1) is 5.92 Å². The van der Waals surface area contributed by atoms with E-state index in [1.165, 1.54) is 51.4 Å². The Morgan fingerprint density at radius 1 is 1.05 bits per heavy atom. The zero-order chi connectivity index (χ0) is 15.1. The van der Waals surface area contributed by atoms with Crippen LogP contribution in [0.2, 0.25) is 0 Å². The third kappa shape index (κ3) is 5.57. The highest BCUT2D eigenvalue weighted by Gasteiger charge is 2.27. The Balaban J connectivity index is 1.67. The molecule has 0 aliphatic heterocycles. The van der Waals surface area contributed by atoms with Gasteiger partial charge in [-0.15, -0.1) is 0 Å². The Kier molecular flexibility index (Phi) is 6.93. The van der Waals surface area contributed by atoms with Gasteiger partial charge < -0.3 is 10.8 Å². The molecule has 1 unspecified atom stereocenters. The average molecular weight is 297 g/mol. The first-order valence-corrected chi connectivity index (χ1v) is 8.66. The van der Waals surface area contributed by atoms with Crippen LogP contribution >= 0.6 is 0 Å². The van der Waals surface area contributed by atoms with Crippen molar-refractivity contribution in [1.29, 1.82) is 0 Å². The minimum atomic E-state index is -1.11. The van der Waals surface area contributed by atoms with E-state index in [1.807, 2.05) is 0 Å². The fourth-order valence-electron chi connectivity index (χ4n) is 3.63. The van der Waals surface area contributed by atoms with E-state index in [2.05, 4.69) is 10.9 Å². The number of rotatable bonds is 6. The van der Waals surface area contributed by atoms with E-state index < -0.39 is 12.1 Å². The van der Waals surface area contributed by atoms with E-state index in [0.717, 1.165) is 19.3 Å². The molecule has 2 saturated carbocycles. The summed E-state index contributed by atoms with van der Waals surface area (Å²) in [4.78, 5) is 12.0. The third-order valence-corrected chi connectivity index (χ3v) is 5.01. The molecule has 0 radical (unpaired) electrons. The highest BCUT2D eigenvalue weighted by atomic mass is 16.3. The maximum absolute atomic E-state index is 12.0. The van der Waals surface area contributed by atoms with Crippen LogP contribution in [0.15, 0.2) is 0 Å². The van der Waals surface area contributed by atoms with Gasteiger partial charge >= 0.3 is 0 Å². The first kappa shape index (κ1) is 16.7. The molecule has 5 N–H and O–H groups in total. The summed E-state index contributed by atoms with van der Waals surface area (Å²) in [5.41, 5.74) is 11.7. The molecule has 0 spiro atoms. The zero-order valence-electron chi connectivity index (χ0n) is 13.0. The molecule has 0 aromatic rings. The van der Waals surface area contributed by atoms with Crippen LogP contribution in [0.5, 0.6) is 0 Å². The molecule has 0 heterocycles. The number of nitrogens with two attached hydrogens (primary N) is 1. The third-order valence-electron chi connectivity index (χ3n) is 5.01. The standard InChI is InChI=1S/C16H31N3O2/c17-14(11-12-7-3-1-4-8-12)15(20)16(21)19-18-13-9-5-2-6-10-13/h12-15,18,20H,1-11,17H2,(H,19,21)/t14-,15?/m1/s1. The summed E-state index contributed by atoms with van der Waals surface area (Å²) in [6.45, 7) is 0. The van der Waals surface area contributed by atoms with Gasteiger partial charge in [-0.1, -0.05) is 51.4 Å². The molecule has 2 aliphatic rings. The maximum Gasteiger partial charge on any atom is 0.264 e.